The number of nitrogens with one attached hydrogen (secondary N) is 1. The Bertz CT molecular complexity index is 1470. The van der Waals surface area contributed by atoms with Crippen molar-refractivity contribution in [3.05, 3.63) is 63.8 Å². The highest BCUT2D eigenvalue weighted by molar-refractivity contribution is 9.10. The number of methoxy groups -OCH3 is 1. The predicted octanol–water partition coefficient (Wildman–Crippen LogP) is 4.87. The van der Waals surface area contributed by atoms with Gasteiger partial charge in [-0.3, -0.25) is 9.36 Å². The summed E-state index contributed by atoms with van der Waals surface area (Å²) in [4.78, 5) is 25.7. The molecule has 0 aliphatic carbocycles. The van der Waals surface area contributed by atoms with E-state index in [0.717, 1.165) is 4.47 Å². The number of rotatable bonds is 6. The number of fused-ring (bicyclic) bond motifs is 1. The molecular weight excluding hydrogens is 540 g/mol. The third-order valence-corrected chi connectivity index (χ3v) is 5.74. The monoisotopic (exact) mass is 564 g/mol. The van der Waals surface area contributed by atoms with Crippen molar-refractivity contribution >= 4 is 50.5 Å². The number of ether oxygens (including phenoxy) is 2. The zero-order chi connectivity index (χ0) is 27.3. The van der Waals surface area contributed by atoms with E-state index in [1.54, 1.807) is 63.2 Å². The summed E-state index contributed by atoms with van der Waals surface area (Å²) >= 11 is 3.43. The van der Waals surface area contributed by atoms with Crippen molar-refractivity contribution in [3.8, 4) is 17.9 Å². The van der Waals surface area contributed by atoms with E-state index in [-0.39, 0.29) is 5.57 Å². The molecule has 1 amide bonds. The first-order valence-electron chi connectivity index (χ1n) is 11.2. The molecule has 2 aromatic carbocycles. The minimum absolute atomic E-state index is 0.212. The van der Waals surface area contributed by atoms with E-state index in [4.69, 9.17) is 9.47 Å². The quantitative estimate of drug-likeness (QED) is 0.407. The fraction of sp³-hybridized carbons (Fsp3) is 0.259. The van der Waals surface area contributed by atoms with Crippen LogP contribution < -0.4 is 10.1 Å². The summed E-state index contributed by atoms with van der Waals surface area (Å²) in [6, 6.07) is 13.0. The van der Waals surface area contributed by atoms with Crippen molar-refractivity contribution in [1.82, 2.24) is 9.88 Å². The third kappa shape index (κ3) is 6.36. The van der Waals surface area contributed by atoms with Crippen LogP contribution in [0.15, 0.2) is 47.1 Å². The topological polar surface area (TPSA) is 137 Å². The van der Waals surface area contributed by atoms with Crippen molar-refractivity contribution in [1.29, 1.82) is 10.5 Å². The Kier molecular flexibility index (Phi) is 8.38. The van der Waals surface area contributed by atoms with Gasteiger partial charge in [0.15, 0.2) is 0 Å². The molecule has 1 unspecified atom stereocenters. The van der Waals surface area contributed by atoms with Crippen LogP contribution in [0.2, 0.25) is 0 Å². The second-order valence-corrected chi connectivity index (χ2v) is 9.95. The van der Waals surface area contributed by atoms with E-state index >= 15 is 0 Å². The molecule has 0 saturated heterocycles. The van der Waals surface area contributed by atoms with Crippen LogP contribution in [0.5, 0.6) is 5.75 Å². The smallest absolute Gasteiger partial charge is 0.408 e. The van der Waals surface area contributed by atoms with Crippen molar-refractivity contribution in [2.75, 3.05) is 13.7 Å². The molecule has 1 aromatic heterocycles. The average Bonchev–Trinajstić information content (AvgIpc) is 3.22. The maximum absolute atomic E-state index is 13.4. The number of nitrogens with zero attached hydrogens (tertiary/aromatic N) is 3. The first-order valence-corrected chi connectivity index (χ1v) is 12.0. The summed E-state index contributed by atoms with van der Waals surface area (Å²) in [5, 5.41) is 32.2. The van der Waals surface area contributed by atoms with Gasteiger partial charge < -0.3 is 19.9 Å². The van der Waals surface area contributed by atoms with Gasteiger partial charge in [-0.25, -0.2) is 4.79 Å². The van der Waals surface area contributed by atoms with Gasteiger partial charge in [-0.15, -0.1) is 0 Å². The Morgan fingerprint density at radius 1 is 1.22 bits per heavy atom. The number of nitriles is 2. The van der Waals surface area contributed by atoms with Gasteiger partial charge in [0.25, 0.3) is 5.91 Å². The third-order valence-electron chi connectivity index (χ3n) is 5.24. The minimum Gasteiger partial charge on any atom is -0.496 e. The maximum atomic E-state index is 13.4. The molecule has 3 rings (SSSR count). The van der Waals surface area contributed by atoms with E-state index in [1.807, 2.05) is 0 Å². The summed E-state index contributed by atoms with van der Waals surface area (Å²) in [7, 11) is 1.49. The van der Waals surface area contributed by atoms with Crippen LogP contribution >= 0.6 is 15.9 Å². The van der Waals surface area contributed by atoms with Crippen LogP contribution in [-0.4, -0.2) is 47.0 Å². The number of aromatic nitrogens is 1. The minimum atomic E-state index is -1.29. The van der Waals surface area contributed by atoms with Gasteiger partial charge >= 0.3 is 6.09 Å². The molecule has 1 heterocycles. The molecular formula is C27H25BrN4O5. The van der Waals surface area contributed by atoms with Gasteiger partial charge in [0, 0.05) is 27.2 Å². The zero-order valence-corrected chi connectivity index (χ0v) is 22.3. The Balaban J connectivity index is 2.13. The van der Waals surface area contributed by atoms with Crippen LogP contribution in [0.3, 0.4) is 0 Å². The molecule has 37 heavy (non-hydrogen) atoms. The van der Waals surface area contributed by atoms with Gasteiger partial charge in [0.1, 0.15) is 17.4 Å². The van der Waals surface area contributed by atoms with Crippen molar-refractivity contribution in [2.45, 2.75) is 32.4 Å². The largest absolute Gasteiger partial charge is 0.496 e. The predicted molar refractivity (Wildman–Crippen MR) is 142 cm³/mol. The standard InChI is InChI=1S/C27H25BrN4O5/c1-27(2,3)37-26(35)31-22(15-33)25(34)32-14-21(20-11-19(28)6-7-23(20)32)18(13-30)10-17-9-16(12-29)5-8-24(17)36-4/h5-11,14,22,33H,15H2,1-4H3,(H,31,35)/b18-10+. The number of hydrogen-bond donors (Lipinski definition) is 2. The molecule has 0 aliphatic heterocycles. The molecule has 0 fully saturated rings. The number of allylic oxidation sites excluding steroid dienone is 1. The fourth-order valence-corrected chi connectivity index (χ4v) is 4.01. The summed E-state index contributed by atoms with van der Waals surface area (Å²) in [5.41, 5.74) is 1.23. The number of aliphatic hydroxyl groups excluding tert-OH is 1. The highest BCUT2D eigenvalue weighted by atomic mass is 79.9. The van der Waals surface area contributed by atoms with Gasteiger partial charge in [0.2, 0.25) is 0 Å². The van der Waals surface area contributed by atoms with Crippen molar-refractivity contribution in [3.63, 3.8) is 0 Å². The number of halogens is 1. The lowest BCUT2D eigenvalue weighted by atomic mass is 10.0. The molecule has 9 nitrogen and oxygen atoms in total. The van der Waals surface area contributed by atoms with E-state index in [1.165, 1.54) is 17.9 Å². The molecule has 0 radical (unpaired) electrons. The highest BCUT2D eigenvalue weighted by Crippen LogP contribution is 2.33. The Hall–Kier alpha value is -4.12. The van der Waals surface area contributed by atoms with Crippen LogP contribution in [0, 0.1) is 22.7 Å². The number of carbonyl (C=O) groups excluding carboxylic acids is 2. The molecule has 3 aromatic rings. The van der Waals surface area contributed by atoms with Crippen LogP contribution in [0.4, 0.5) is 4.79 Å². The highest BCUT2D eigenvalue weighted by Gasteiger charge is 2.27. The summed E-state index contributed by atoms with van der Waals surface area (Å²) in [6.45, 7) is 4.39. The zero-order valence-electron chi connectivity index (χ0n) is 20.7. The van der Waals surface area contributed by atoms with E-state index in [0.29, 0.717) is 33.3 Å². The first-order chi connectivity index (χ1) is 17.5. The molecule has 190 valence electrons. The number of aliphatic hydroxyl groups is 1. The van der Waals surface area contributed by atoms with Gasteiger partial charge in [-0.1, -0.05) is 15.9 Å². The van der Waals surface area contributed by atoms with Gasteiger partial charge in [-0.05, 0) is 63.2 Å². The van der Waals surface area contributed by atoms with E-state index in [9.17, 15) is 25.2 Å². The van der Waals surface area contributed by atoms with E-state index in [2.05, 4.69) is 33.4 Å². The van der Waals surface area contributed by atoms with Crippen molar-refractivity contribution in [2.24, 2.45) is 0 Å². The normalized spacial score (nSPS) is 12.4. The van der Waals surface area contributed by atoms with Gasteiger partial charge in [0.05, 0.1) is 42.5 Å². The van der Waals surface area contributed by atoms with Crippen molar-refractivity contribution < 1.29 is 24.2 Å². The molecule has 0 saturated carbocycles. The SMILES string of the molecule is COc1ccc(C#N)cc1/C=C(\C#N)c1cn(C(=O)C(CO)NC(=O)OC(C)(C)C)c2ccc(Br)cc12. The summed E-state index contributed by atoms with van der Waals surface area (Å²) in [6.07, 6.45) is 2.21. The molecule has 0 bridgehead atoms. The van der Waals surface area contributed by atoms with Crippen LogP contribution in [0.1, 0.15) is 42.3 Å². The van der Waals surface area contributed by atoms with Crippen LogP contribution in [-0.2, 0) is 4.74 Å². The second-order valence-electron chi connectivity index (χ2n) is 9.03. The first kappa shape index (κ1) is 27.5. The average molecular weight is 565 g/mol. The summed E-state index contributed by atoms with van der Waals surface area (Å²) < 4.78 is 12.6. The molecule has 0 aliphatic rings. The fourth-order valence-electron chi connectivity index (χ4n) is 3.64. The molecule has 0 spiro atoms. The number of benzene rings is 2. The Morgan fingerprint density at radius 2 is 1.95 bits per heavy atom. The number of alkyl carbamates (subject to hydrolysis) is 1. The number of hydrogen-bond acceptors (Lipinski definition) is 7. The number of amides is 1. The lowest BCUT2D eigenvalue weighted by molar-refractivity contribution is 0.0455. The lowest BCUT2D eigenvalue weighted by Gasteiger charge is -2.22. The number of carbonyl (C=O) groups is 2. The molecule has 2 N–H and O–H groups in total. The molecule has 1 atom stereocenters. The molecule has 10 heteroatoms. The lowest BCUT2D eigenvalue weighted by Crippen LogP contribution is -2.47. The Morgan fingerprint density at radius 3 is 2.54 bits per heavy atom. The maximum Gasteiger partial charge on any atom is 0.408 e. The second kappa shape index (κ2) is 11.3. The van der Waals surface area contributed by atoms with Gasteiger partial charge in [-0.2, -0.15) is 10.5 Å². The van der Waals surface area contributed by atoms with Crippen LogP contribution in [0.25, 0.3) is 22.6 Å². The Labute approximate surface area is 222 Å². The van der Waals surface area contributed by atoms with E-state index < -0.39 is 30.3 Å². The summed E-state index contributed by atoms with van der Waals surface area (Å²) in [5.74, 6) is -0.150.